The zero-order valence-corrected chi connectivity index (χ0v) is 33.2. The van der Waals surface area contributed by atoms with Gasteiger partial charge in [-0.05, 0) is 53.9 Å². The van der Waals surface area contributed by atoms with E-state index in [1.54, 1.807) is 72.0 Å². The van der Waals surface area contributed by atoms with Crippen molar-refractivity contribution < 1.29 is 52.1 Å². The summed E-state index contributed by atoms with van der Waals surface area (Å²) in [5, 5.41) is 6.72. The van der Waals surface area contributed by atoms with Crippen LogP contribution in [0.25, 0.3) is 44.4 Å². The number of ether oxygens (including phenoxy) is 1. The number of benzene rings is 4. The summed E-state index contributed by atoms with van der Waals surface area (Å²) in [6, 6.07) is 29.2. The number of pyridine rings is 1. The average Bonchev–Trinajstić information content (AvgIpc) is 3.65. The molecular formula is C43H36F6N4OPt. The number of hydrogen-bond donors (Lipinski definition) is 0. The molecule has 0 spiro atoms. The van der Waals surface area contributed by atoms with Gasteiger partial charge in [0, 0.05) is 45.2 Å². The number of para-hydroxylation sites is 1. The van der Waals surface area contributed by atoms with Crippen LogP contribution >= 0.6 is 0 Å². The number of aromatic nitrogens is 4. The Kier molecular flexibility index (Phi) is 10.1. The third-order valence-corrected chi connectivity index (χ3v) is 9.12. The summed E-state index contributed by atoms with van der Waals surface area (Å²) < 4.78 is 97.4. The quantitative estimate of drug-likeness (QED) is 0.128. The van der Waals surface area contributed by atoms with Crippen molar-refractivity contribution in [2.24, 2.45) is 0 Å². The normalized spacial score (nSPS) is 12.7. The van der Waals surface area contributed by atoms with Crippen LogP contribution in [0.2, 0.25) is 0 Å². The molecule has 5 nitrogen and oxygen atoms in total. The summed E-state index contributed by atoms with van der Waals surface area (Å²) in [4.78, 5) is 4.62. The number of rotatable bonds is 5. The van der Waals surface area contributed by atoms with E-state index in [0.29, 0.717) is 23.7 Å². The van der Waals surface area contributed by atoms with E-state index in [2.05, 4.69) is 17.1 Å². The first-order chi connectivity index (χ1) is 25.2. The maximum Gasteiger partial charge on any atom is 2.00 e. The molecule has 0 aliphatic rings. The summed E-state index contributed by atoms with van der Waals surface area (Å²) in [6.45, 7) is 12.3. The first-order valence-corrected chi connectivity index (χ1v) is 17.2. The van der Waals surface area contributed by atoms with Crippen LogP contribution in [0.5, 0.6) is 11.5 Å². The van der Waals surface area contributed by atoms with E-state index in [1.165, 1.54) is 4.68 Å². The fourth-order valence-electron chi connectivity index (χ4n) is 6.89. The van der Waals surface area contributed by atoms with Gasteiger partial charge in [-0.15, -0.1) is 35.7 Å². The van der Waals surface area contributed by atoms with Gasteiger partial charge >= 0.3 is 33.4 Å². The minimum absolute atomic E-state index is 0. The van der Waals surface area contributed by atoms with E-state index in [-0.39, 0.29) is 49.5 Å². The first-order valence-electron chi connectivity index (χ1n) is 17.2. The van der Waals surface area contributed by atoms with Crippen molar-refractivity contribution in [1.82, 2.24) is 19.3 Å². The van der Waals surface area contributed by atoms with Gasteiger partial charge in [0.05, 0.1) is 22.5 Å². The van der Waals surface area contributed by atoms with Gasteiger partial charge in [0.2, 0.25) is 0 Å². The number of fused-ring (bicyclic) bond motifs is 3. The van der Waals surface area contributed by atoms with Gasteiger partial charge in [-0.2, -0.15) is 43.6 Å². The molecule has 0 radical (unpaired) electrons. The Balaban J connectivity index is 0.00000514. The Morgan fingerprint density at radius 3 is 1.91 bits per heavy atom. The molecule has 0 fully saturated rings. The topological polar surface area (TPSA) is 44.9 Å². The molecule has 0 saturated heterocycles. The third kappa shape index (κ3) is 7.43. The zero-order valence-electron chi connectivity index (χ0n) is 30.9. The van der Waals surface area contributed by atoms with Gasteiger partial charge in [0.1, 0.15) is 5.82 Å². The molecule has 0 unspecified atom stereocenters. The van der Waals surface area contributed by atoms with Crippen LogP contribution in [0.3, 0.4) is 0 Å². The van der Waals surface area contributed by atoms with Gasteiger partial charge in [-0.1, -0.05) is 71.3 Å². The Labute approximate surface area is 329 Å². The predicted octanol–water partition coefficient (Wildman–Crippen LogP) is 12.4. The summed E-state index contributed by atoms with van der Waals surface area (Å²) in [5.41, 5.74) is -2.70. The molecule has 0 amide bonds. The second kappa shape index (κ2) is 14.0. The predicted molar refractivity (Wildman–Crippen MR) is 197 cm³/mol. The molecule has 0 N–H and O–H groups in total. The van der Waals surface area contributed by atoms with Crippen molar-refractivity contribution >= 4 is 21.8 Å². The molecule has 0 aliphatic heterocycles. The molecule has 0 saturated carbocycles. The number of hydrogen-bond acceptors (Lipinski definition) is 3. The van der Waals surface area contributed by atoms with E-state index < -0.39 is 39.9 Å². The van der Waals surface area contributed by atoms with Crippen molar-refractivity contribution in [2.75, 3.05) is 0 Å². The minimum atomic E-state index is -5.08. The van der Waals surface area contributed by atoms with Gasteiger partial charge in [0.15, 0.2) is 0 Å². The van der Waals surface area contributed by atoms with E-state index in [9.17, 15) is 26.3 Å². The molecule has 0 aliphatic carbocycles. The summed E-state index contributed by atoms with van der Waals surface area (Å²) in [5.74, 6) is 1.30. The zero-order chi connectivity index (χ0) is 39.0. The average molecular weight is 934 g/mol. The number of aryl methyl sites for hydroxylation is 1. The molecule has 7 aromatic rings. The van der Waals surface area contributed by atoms with Crippen LogP contribution < -0.4 is 4.74 Å². The summed E-state index contributed by atoms with van der Waals surface area (Å²) >= 11 is 0. The molecule has 3 heterocycles. The van der Waals surface area contributed by atoms with Crippen molar-refractivity contribution in [3.63, 3.8) is 0 Å². The van der Waals surface area contributed by atoms with Crippen LogP contribution in [-0.2, 0) is 44.2 Å². The Bertz CT molecular complexity index is 2520. The smallest absolute Gasteiger partial charge is 0.509 e. The number of alkyl halides is 6. The maximum atomic E-state index is 14.6. The molecule has 3 aromatic heterocycles. The van der Waals surface area contributed by atoms with Crippen LogP contribution in [0.1, 0.15) is 69.6 Å². The summed E-state index contributed by atoms with van der Waals surface area (Å²) in [7, 11) is 0. The SMILES string of the molecule is Cc1ccnc(-n2c3[c-]c(Oc4[c-]c(-n5nc(C(C)(C)C)c(-c6c(C(F)(F)F)cccc6C(F)(F)F)c5C(C)(C)C)ccc4)ccc3c3ccccc32)c1.[Pt+2]. The summed E-state index contributed by atoms with van der Waals surface area (Å²) in [6.07, 6.45) is -8.42. The van der Waals surface area contributed by atoms with Crippen molar-refractivity contribution in [3.8, 4) is 34.1 Å². The van der Waals surface area contributed by atoms with Crippen LogP contribution in [0, 0.1) is 19.1 Å². The van der Waals surface area contributed by atoms with Gasteiger partial charge in [-0.3, -0.25) is 4.68 Å². The largest absolute Gasteiger partial charge is 2.00 e. The molecular weight excluding hydrogens is 898 g/mol. The van der Waals surface area contributed by atoms with Gasteiger partial charge in [-0.25, -0.2) is 4.98 Å². The van der Waals surface area contributed by atoms with E-state index in [1.807, 2.05) is 54.0 Å². The van der Waals surface area contributed by atoms with Crippen molar-refractivity contribution in [2.45, 2.75) is 71.6 Å². The third-order valence-electron chi connectivity index (χ3n) is 9.12. The van der Waals surface area contributed by atoms with E-state index in [4.69, 9.17) is 9.84 Å². The molecule has 0 bridgehead atoms. The second-order valence-corrected chi connectivity index (χ2v) is 15.3. The monoisotopic (exact) mass is 933 g/mol. The minimum Gasteiger partial charge on any atom is -0.509 e. The first kappa shape index (κ1) is 39.8. The van der Waals surface area contributed by atoms with Crippen LogP contribution in [0.15, 0.2) is 91.1 Å². The van der Waals surface area contributed by atoms with Gasteiger partial charge in [0.25, 0.3) is 0 Å². The second-order valence-electron chi connectivity index (χ2n) is 15.3. The van der Waals surface area contributed by atoms with Gasteiger partial charge < -0.3 is 9.30 Å². The molecule has 12 heteroatoms. The molecule has 0 atom stereocenters. The Hall–Kier alpha value is -4.89. The van der Waals surface area contributed by atoms with E-state index in [0.717, 1.165) is 33.4 Å². The van der Waals surface area contributed by atoms with Crippen molar-refractivity contribution in [3.05, 3.63) is 131 Å². The van der Waals surface area contributed by atoms with Crippen molar-refractivity contribution in [1.29, 1.82) is 0 Å². The molecule has 286 valence electrons. The maximum absolute atomic E-state index is 14.6. The van der Waals surface area contributed by atoms with E-state index >= 15 is 0 Å². The molecule has 4 aromatic carbocycles. The molecule has 7 rings (SSSR count). The van der Waals surface area contributed by atoms with Crippen LogP contribution in [-0.4, -0.2) is 19.3 Å². The number of halogens is 6. The van der Waals surface area contributed by atoms with Crippen LogP contribution in [0.4, 0.5) is 26.3 Å². The fraction of sp³-hybridized carbons (Fsp3) is 0.256. The Morgan fingerprint density at radius 1 is 0.655 bits per heavy atom. The number of nitrogens with zero attached hydrogens (tertiary/aromatic N) is 4. The Morgan fingerprint density at radius 2 is 1.29 bits per heavy atom. The fourth-order valence-corrected chi connectivity index (χ4v) is 6.89. The standard InChI is InChI=1S/C43H36F6N4O.Pt/c1-25-20-21-50-35(22-25)52-33-17-9-8-14-29(33)30-19-18-28(24-34(30)52)54-27-13-10-12-26(23-27)53-39(41(5,6)7)37(38(51-53)40(2,3)4)36-31(42(44,45)46)15-11-16-32(36)43(47,48)49;/h8-22H,1-7H3;/q-2;+2. The molecule has 55 heavy (non-hydrogen) atoms.